The summed E-state index contributed by atoms with van der Waals surface area (Å²) in [5.74, 6) is -2.91. The lowest BCUT2D eigenvalue weighted by atomic mass is 10.2. The van der Waals surface area contributed by atoms with Crippen LogP contribution in [0.15, 0.2) is 23.3 Å². The minimum atomic E-state index is -5.16. The molecule has 0 aliphatic rings. The normalized spacial score (nSPS) is 12.7. The maximum Gasteiger partial charge on any atom is 0.471 e. The van der Waals surface area contributed by atoms with Gasteiger partial charge in [-0.2, -0.15) is 26.9 Å². The first-order valence-electron chi connectivity index (χ1n) is 5.03. The van der Waals surface area contributed by atoms with Crippen molar-refractivity contribution in [2.45, 2.75) is 6.18 Å². The van der Waals surface area contributed by atoms with Crippen LogP contribution in [0, 0.1) is 17.1 Å². The molecule has 0 unspecified atom stereocenters. The highest BCUT2D eigenvalue weighted by molar-refractivity contribution is 7.86. The number of benzene rings is 1. The van der Waals surface area contributed by atoms with E-state index in [0.29, 0.717) is 6.26 Å². The summed E-state index contributed by atoms with van der Waals surface area (Å²) in [7, 11) is -4.43. The molecule has 1 aromatic rings. The number of hydrazone groups is 1. The van der Waals surface area contributed by atoms with Gasteiger partial charge in [-0.05, 0) is 18.2 Å². The molecule has 0 aliphatic carbocycles. The van der Waals surface area contributed by atoms with Crippen molar-refractivity contribution in [1.29, 1.82) is 5.26 Å². The first-order valence-corrected chi connectivity index (χ1v) is 6.84. The number of rotatable bonds is 3. The van der Waals surface area contributed by atoms with Crippen molar-refractivity contribution in [2.75, 3.05) is 11.7 Å². The first-order chi connectivity index (χ1) is 9.53. The Bertz CT molecular complexity index is 707. The van der Waals surface area contributed by atoms with Crippen LogP contribution in [-0.4, -0.2) is 26.7 Å². The van der Waals surface area contributed by atoms with E-state index in [-0.39, 0.29) is 5.69 Å². The fourth-order valence-corrected chi connectivity index (χ4v) is 1.49. The third-order valence-corrected chi connectivity index (χ3v) is 2.31. The molecule has 1 N–H and O–H groups in total. The molecule has 21 heavy (non-hydrogen) atoms. The fourth-order valence-electron chi connectivity index (χ4n) is 1.07. The maximum atomic E-state index is 13.0. The Hall–Kier alpha value is -2.35. The number of nitriles is 1. The number of hydrogen-bond donors (Lipinski definition) is 1. The van der Waals surface area contributed by atoms with Gasteiger partial charge in [0.25, 0.3) is 0 Å². The van der Waals surface area contributed by atoms with E-state index >= 15 is 0 Å². The van der Waals surface area contributed by atoms with Gasteiger partial charge in [-0.25, -0.2) is 4.39 Å². The molecule has 0 aromatic heterocycles. The number of nitrogens with one attached hydrogen (secondary N) is 1. The zero-order valence-corrected chi connectivity index (χ0v) is 11.1. The van der Waals surface area contributed by atoms with Crippen LogP contribution in [0.1, 0.15) is 5.56 Å². The van der Waals surface area contributed by atoms with Gasteiger partial charge in [0.15, 0.2) is 0 Å². The molecule has 11 heteroatoms. The van der Waals surface area contributed by atoms with Crippen LogP contribution in [0.4, 0.5) is 23.2 Å². The average molecular weight is 325 g/mol. The fraction of sp³-hybridized carbons (Fsp3) is 0.200. The maximum absolute atomic E-state index is 13.0. The molecule has 0 aliphatic heterocycles. The topological polar surface area (TPSA) is 91.6 Å². The summed E-state index contributed by atoms with van der Waals surface area (Å²) >= 11 is 0. The van der Waals surface area contributed by atoms with Crippen LogP contribution in [0.2, 0.25) is 0 Å². The Morgan fingerprint density at radius 3 is 2.52 bits per heavy atom. The average Bonchev–Trinajstić information content (AvgIpc) is 2.33. The predicted molar refractivity (Wildman–Crippen MR) is 64.2 cm³/mol. The molecule has 0 heterocycles. The molecule has 0 radical (unpaired) electrons. The van der Waals surface area contributed by atoms with Crippen molar-refractivity contribution in [3.05, 3.63) is 29.6 Å². The molecule has 0 bridgehead atoms. The lowest BCUT2D eigenvalue weighted by molar-refractivity contribution is -0.0707. The highest BCUT2D eigenvalue weighted by Gasteiger charge is 2.41. The van der Waals surface area contributed by atoms with Crippen molar-refractivity contribution >= 4 is 21.7 Å². The third-order valence-electron chi connectivity index (χ3n) is 1.85. The van der Waals surface area contributed by atoms with Crippen LogP contribution in [-0.2, 0) is 14.3 Å². The lowest BCUT2D eigenvalue weighted by Gasteiger charge is -2.10. The second kappa shape index (κ2) is 5.96. The van der Waals surface area contributed by atoms with Gasteiger partial charge in [0.2, 0.25) is 0 Å². The Labute approximate surface area is 116 Å². The third kappa shape index (κ3) is 5.27. The molecular formula is C10H7F4N3O3S. The van der Waals surface area contributed by atoms with E-state index in [1.807, 2.05) is 5.43 Å². The minimum absolute atomic E-state index is 0.160. The van der Waals surface area contributed by atoms with Gasteiger partial charge >= 0.3 is 22.2 Å². The Morgan fingerprint density at radius 1 is 1.43 bits per heavy atom. The zero-order chi connectivity index (χ0) is 16.3. The zero-order valence-electron chi connectivity index (χ0n) is 10.3. The molecule has 0 atom stereocenters. The van der Waals surface area contributed by atoms with Crippen LogP contribution in [0.5, 0.6) is 0 Å². The summed E-state index contributed by atoms with van der Waals surface area (Å²) in [6, 6.07) is 4.22. The van der Waals surface area contributed by atoms with E-state index in [4.69, 9.17) is 5.26 Å². The Kier molecular flexibility index (Phi) is 4.74. The standard InChI is InChI=1S/C10H7F4N3O3S/c1-21(18,19)20-9(10(12,13)14)17-16-7-2-3-8(11)6(4-7)5-15/h2-4,16H,1H3/b17-9+. The van der Waals surface area contributed by atoms with Crippen molar-refractivity contribution in [3.63, 3.8) is 0 Å². The van der Waals surface area contributed by atoms with Gasteiger partial charge in [0.1, 0.15) is 11.9 Å². The molecule has 0 spiro atoms. The lowest BCUT2D eigenvalue weighted by Crippen LogP contribution is -2.29. The summed E-state index contributed by atoms with van der Waals surface area (Å²) in [6.07, 6.45) is -4.74. The van der Waals surface area contributed by atoms with Crippen LogP contribution >= 0.6 is 0 Å². The van der Waals surface area contributed by atoms with Crippen molar-refractivity contribution in [2.24, 2.45) is 5.10 Å². The summed E-state index contributed by atoms with van der Waals surface area (Å²) in [6.45, 7) is 0. The number of halogens is 4. The van der Waals surface area contributed by atoms with E-state index in [0.717, 1.165) is 18.2 Å². The molecule has 0 fully saturated rings. The van der Waals surface area contributed by atoms with E-state index < -0.39 is 33.6 Å². The van der Waals surface area contributed by atoms with Gasteiger partial charge < -0.3 is 4.18 Å². The summed E-state index contributed by atoms with van der Waals surface area (Å²) in [4.78, 5) is 0. The highest BCUT2D eigenvalue weighted by Crippen LogP contribution is 2.20. The van der Waals surface area contributed by atoms with Gasteiger partial charge in [-0.15, -0.1) is 5.10 Å². The molecule has 0 amide bonds. The van der Waals surface area contributed by atoms with Crippen molar-refractivity contribution in [1.82, 2.24) is 0 Å². The smallest absolute Gasteiger partial charge is 0.355 e. The van der Waals surface area contributed by atoms with Gasteiger partial charge in [-0.3, -0.25) is 5.43 Å². The predicted octanol–water partition coefficient (Wildman–Crippen LogP) is 1.96. The highest BCUT2D eigenvalue weighted by atomic mass is 32.2. The Morgan fingerprint density at radius 2 is 2.05 bits per heavy atom. The molecule has 1 rings (SSSR count). The van der Waals surface area contributed by atoms with Gasteiger partial charge in [-0.1, -0.05) is 0 Å². The van der Waals surface area contributed by atoms with Crippen LogP contribution in [0.25, 0.3) is 0 Å². The second-order valence-electron chi connectivity index (χ2n) is 3.62. The first kappa shape index (κ1) is 16.7. The molecule has 1 aromatic carbocycles. The summed E-state index contributed by atoms with van der Waals surface area (Å²) < 4.78 is 75.6. The van der Waals surface area contributed by atoms with E-state index in [1.165, 1.54) is 6.07 Å². The summed E-state index contributed by atoms with van der Waals surface area (Å²) in [5.41, 5.74) is 1.25. The Balaban J connectivity index is 3.06. The van der Waals surface area contributed by atoms with Gasteiger partial charge in [0, 0.05) is 0 Å². The number of hydrogen-bond acceptors (Lipinski definition) is 6. The molecular weight excluding hydrogens is 318 g/mol. The van der Waals surface area contributed by atoms with Crippen molar-refractivity contribution < 1.29 is 30.2 Å². The van der Waals surface area contributed by atoms with Crippen molar-refractivity contribution in [3.8, 4) is 6.07 Å². The minimum Gasteiger partial charge on any atom is -0.355 e. The molecule has 0 saturated heterocycles. The SMILES string of the molecule is CS(=O)(=O)O/C(=N/Nc1ccc(F)c(C#N)c1)C(F)(F)F. The van der Waals surface area contributed by atoms with Gasteiger partial charge in [0.05, 0.1) is 17.5 Å². The number of anilines is 1. The summed E-state index contributed by atoms with van der Waals surface area (Å²) in [5, 5.41) is 11.3. The largest absolute Gasteiger partial charge is 0.471 e. The molecule has 6 nitrogen and oxygen atoms in total. The van der Waals surface area contributed by atoms with E-state index in [1.54, 1.807) is 0 Å². The van der Waals surface area contributed by atoms with Crippen LogP contribution in [0.3, 0.4) is 0 Å². The van der Waals surface area contributed by atoms with E-state index in [2.05, 4.69) is 9.28 Å². The second-order valence-corrected chi connectivity index (χ2v) is 5.20. The monoisotopic (exact) mass is 325 g/mol. The molecule has 114 valence electrons. The quantitative estimate of drug-likeness (QED) is 0.301. The van der Waals surface area contributed by atoms with E-state index in [9.17, 15) is 26.0 Å². The number of alkyl halides is 3. The molecule has 0 saturated carbocycles. The van der Waals surface area contributed by atoms with Crippen LogP contribution < -0.4 is 5.43 Å². The number of nitrogens with zero attached hydrogens (tertiary/aromatic N) is 2.